The van der Waals surface area contributed by atoms with Gasteiger partial charge in [-0.05, 0) is 24.2 Å². The molecule has 2 aromatic rings. The second kappa shape index (κ2) is 6.86. The quantitative estimate of drug-likeness (QED) is 0.623. The van der Waals surface area contributed by atoms with Gasteiger partial charge in [-0.2, -0.15) is 13.2 Å². The number of hydrogen-bond acceptors (Lipinski definition) is 3. The van der Waals surface area contributed by atoms with Crippen molar-refractivity contribution < 1.29 is 27.1 Å². The van der Waals surface area contributed by atoms with E-state index in [1.165, 1.54) is 25.5 Å². The standard InChI is InChI=1S/C15H16F5N3O/c1-23-7-6-22-13(23)14(24,15(18,19)20)4-5-21-9-10-2-3-11(16)12(17)8-10/h2-3,6-8,21,24H,4-5,9H2,1H3. The van der Waals surface area contributed by atoms with Crippen LogP contribution >= 0.6 is 0 Å². The average Bonchev–Trinajstić information content (AvgIpc) is 2.92. The predicted molar refractivity (Wildman–Crippen MR) is 75.8 cm³/mol. The van der Waals surface area contributed by atoms with Gasteiger partial charge in [-0.1, -0.05) is 6.07 Å². The fourth-order valence-electron chi connectivity index (χ4n) is 2.30. The van der Waals surface area contributed by atoms with Crippen LogP contribution in [0.1, 0.15) is 17.8 Å². The van der Waals surface area contributed by atoms with Gasteiger partial charge in [0, 0.05) is 32.4 Å². The molecular weight excluding hydrogens is 333 g/mol. The molecule has 0 aliphatic carbocycles. The summed E-state index contributed by atoms with van der Waals surface area (Å²) in [5, 5.41) is 12.8. The Hall–Kier alpha value is -2.00. The molecule has 132 valence electrons. The van der Waals surface area contributed by atoms with Gasteiger partial charge < -0.3 is 15.0 Å². The van der Waals surface area contributed by atoms with Gasteiger partial charge in [0.1, 0.15) is 5.82 Å². The zero-order valence-electron chi connectivity index (χ0n) is 12.7. The molecule has 0 radical (unpaired) electrons. The average molecular weight is 349 g/mol. The summed E-state index contributed by atoms with van der Waals surface area (Å²) >= 11 is 0. The predicted octanol–water partition coefficient (Wildman–Crippen LogP) is 2.63. The molecule has 0 amide bonds. The number of hydrogen-bond donors (Lipinski definition) is 2. The second-order valence-corrected chi connectivity index (χ2v) is 5.40. The highest BCUT2D eigenvalue weighted by Gasteiger charge is 2.56. The van der Waals surface area contributed by atoms with Gasteiger partial charge in [0.15, 0.2) is 11.6 Å². The molecule has 2 rings (SSSR count). The Balaban J connectivity index is 2.02. The maximum Gasteiger partial charge on any atom is 0.424 e. The van der Waals surface area contributed by atoms with E-state index in [0.717, 1.165) is 16.7 Å². The van der Waals surface area contributed by atoms with Crippen LogP contribution in [0.2, 0.25) is 0 Å². The highest BCUT2D eigenvalue weighted by Crippen LogP contribution is 2.40. The van der Waals surface area contributed by atoms with Crippen LogP contribution in [0.3, 0.4) is 0 Å². The molecule has 1 aromatic heterocycles. The minimum absolute atomic E-state index is 0.0334. The number of aryl methyl sites for hydroxylation is 1. The van der Waals surface area contributed by atoms with E-state index in [2.05, 4.69) is 10.3 Å². The van der Waals surface area contributed by atoms with Crippen LogP contribution in [0.5, 0.6) is 0 Å². The molecule has 0 aliphatic rings. The molecule has 0 spiro atoms. The number of nitrogens with zero attached hydrogens (tertiary/aromatic N) is 2. The summed E-state index contributed by atoms with van der Waals surface area (Å²) in [5.41, 5.74) is -2.73. The van der Waals surface area contributed by atoms with Crippen molar-refractivity contribution in [1.82, 2.24) is 14.9 Å². The number of rotatable bonds is 6. The smallest absolute Gasteiger partial charge is 0.374 e. The largest absolute Gasteiger partial charge is 0.424 e. The van der Waals surface area contributed by atoms with Crippen LogP contribution in [0.25, 0.3) is 0 Å². The van der Waals surface area contributed by atoms with Gasteiger partial charge >= 0.3 is 6.18 Å². The number of aliphatic hydroxyl groups is 1. The van der Waals surface area contributed by atoms with Crippen molar-refractivity contribution in [3.8, 4) is 0 Å². The summed E-state index contributed by atoms with van der Waals surface area (Å²) in [4.78, 5) is 3.59. The third kappa shape index (κ3) is 3.73. The highest BCUT2D eigenvalue weighted by atomic mass is 19.4. The summed E-state index contributed by atoms with van der Waals surface area (Å²) in [6.45, 7) is -0.173. The molecule has 1 atom stereocenters. The number of benzene rings is 1. The molecule has 24 heavy (non-hydrogen) atoms. The van der Waals surface area contributed by atoms with E-state index in [1.54, 1.807) is 0 Å². The molecule has 0 bridgehead atoms. The first-order chi connectivity index (χ1) is 11.1. The Bertz CT molecular complexity index is 701. The first-order valence-electron chi connectivity index (χ1n) is 7.06. The van der Waals surface area contributed by atoms with Gasteiger partial charge in [0.25, 0.3) is 0 Å². The van der Waals surface area contributed by atoms with Crippen LogP contribution in [0.15, 0.2) is 30.6 Å². The van der Waals surface area contributed by atoms with Gasteiger partial charge in [0.05, 0.1) is 0 Å². The molecule has 1 aromatic carbocycles. The maximum absolute atomic E-state index is 13.3. The summed E-state index contributed by atoms with van der Waals surface area (Å²) in [5.74, 6) is -2.54. The normalized spacial score (nSPS) is 14.6. The van der Waals surface area contributed by atoms with Crippen LogP contribution in [-0.2, 0) is 19.2 Å². The maximum atomic E-state index is 13.3. The third-order valence-corrected chi connectivity index (χ3v) is 3.64. The van der Waals surface area contributed by atoms with Crippen molar-refractivity contribution in [3.63, 3.8) is 0 Å². The zero-order valence-corrected chi connectivity index (χ0v) is 12.7. The number of halogens is 5. The molecule has 4 nitrogen and oxygen atoms in total. The fourth-order valence-corrected chi connectivity index (χ4v) is 2.30. The summed E-state index contributed by atoms with van der Waals surface area (Å²) in [6, 6.07) is 3.21. The molecule has 0 fully saturated rings. The van der Waals surface area contributed by atoms with Gasteiger partial charge in [-0.3, -0.25) is 0 Å². The lowest BCUT2D eigenvalue weighted by molar-refractivity contribution is -0.272. The fraction of sp³-hybridized carbons (Fsp3) is 0.400. The lowest BCUT2D eigenvalue weighted by atomic mass is 9.97. The molecule has 0 saturated carbocycles. The Morgan fingerprint density at radius 3 is 2.46 bits per heavy atom. The van der Waals surface area contributed by atoms with Crippen molar-refractivity contribution in [2.24, 2.45) is 7.05 Å². The molecule has 1 unspecified atom stereocenters. The minimum atomic E-state index is -4.91. The lowest BCUT2D eigenvalue weighted by Gasteiger charge is -2.30. The minimum Gasteiger partial charge on any atom is -0.374 e. The Morgan fingerprint density at radius 1 is 1.21 bits per heavy atom. The lowest BCUT2D eigenvalue weighted by Crippen LogP contribution is -2.46. The third-order valence-electron chi connectivity index (χ3n) is 3.64. The number of aromatic nitrogens is 2. The summed E-state index contributed by atoms with van der Waals surface area (Å²) in [7, 11) is 1.35. The molecule has 9 heteroatoms. The Morgan fingerprint density at radius 2 is 1.92 bits per heavy atom. The monoisotopic (exact) mass is 349 g/mol. The highest BCUT2D eigenvalue weighted by molar-refractivity contribution is 5.17. The van der Waals surface area contributed by atoms with E-state index >= 15 is 0 Å². The van der Waals surface area contributed by atoms with E-state index in [1.807, 2.05) is 0 Å². The van der Waals surface area contributed by atoms with Gasteiger partial charge in [-0.15, -0.1) is 0 Å². The molecule has 0 saturated heterocycles. The Labute approximate surface area is 134 Å². The first-order valence-corrected chi connectivity index (χ1v) is 7.06. The van der Waals surface area contributed by atoms with E-state index in [9.17, 15) is 27.1 Å². The molecule has 2 N–H and O–H groups in total. The Kier molecular flexibility index (Phi) is 5.24. The van der Waals surface area contributed by atoms with Crippen molar-refractivity contribution in [1.29, 1.82) is 0 Å². The number of alkyl halides is 3. The van der Waals surface area contributed by atoms with Crippen molar-refractivity contribution >= 4 is 0 Å². The van der Waals surface area contributed by atoms with Crippen LogP contribution in [-0.4, -0.2) is 27.4 Å². The molecular formula is C15H16F5N3O. The van der Waals surface area contributed by atoms with E-state index in [4.69, 9.17) is 0 Å². The SMILES string of the molecule is Cn1ccnc1C(O)(CCNCc1ccc(F)c(F)c1)C(F)(F)F. The van der Waals surface area contributed by atoms with Crippen LogP contribution < -0.4 is 5.32 Å². The second-order valence-electron chi connectivity index (χ2n) is 5.40. The van der Waals surface area contributed by atoms with Crippen molar-refractivity contribution in [2.75, 3.05) is 6.54 Å². The topological polar surface area (TPSA) is 50.1 Å². The summed E-state index contributed by atoms with van der Waals surface area (Å²) < 4.78 is 66.8. The number of imidazole rings is 1. The van der Waals surface area contributed by atoms with Gasteiger partial charge in [0.2, 0.25) is 5.60 Å². The van der Waals surface area contributed by atoms with Crippen molar-refractivity contribution in [2.45, 2.75) is 24.7 Å². The van der Waals surface area contributed by atoms with Crippen LogP contribution in [0, 0.1) is 11.6 Å². The van der Waals surface area contributed by atoms with Crippen LogP contribution in [0.4, 0.5) is 22.0 Å². The first kappa shape index (κ1) is 18.3. The van der Waals surface area contributed by atoms with Crippen molar-refractivity contribution in [3.05, 3.63) is 53.6 Å². The van der Waals surface area contributed by atoms with E-state index < -0.39 is 35.7 Å². The van der Waals surface area contributed by atoms with Gasteiger partial charge in [-0.25, -0.2) is 13.8 Å². The van der Waals surface area contributed by atoms with E-state index in [-0.39, 0.29) is 13.1 Å². The summed E-state index contributed by atoms with van der Waals surface area (Å²) in [6.07, 6.45) is -3.11. The zero-order chi connectivity index (χ0) is 18.0. The number of nitrogens with one attached hydrogen (secondary N) is 1. The molecule has 0 aliphatic heterocycles. The molecule has 1 heterocycles. The van der Waals surface area contributed by atoms with E-state index in [0.29, 0.717) is 5.56 Å².